The Kier molecular flexibility index (Phi) is 4.30. The number of fused-ring (bicyclic) bond motifs is 12. The molecule has 5 heterocycles. The second kappa shape index (κ2) is 8.01. The van der Waals surface area contributed by atoms with E-state index in [0.717, 1.165) is 28.1 Å². The summed E-state index contributed by atoms with van der Waals surface area (Å²) in [5.74, 6) is 0.887. The Morgan fingerprint density at radius 3 is 2.05 bits per heavy atom. The van der Waals surface area contributed by atoms with Gasteiger partial charge >= 0.3 is 0 Å². The van der Waals surface area contributed by atoms with E-state index in [1.165, 1.54) is 48.9 Å². The molecule has 0 radical (unpaired) electrons. The fourth-order valence-corrected chi connectivity index (χ4v) is 6.48. The number of nitrogens with zero attached hydrogens (tertiary/aromatic N) is 4. The van der Waals surface area contributed by atoms with E-state index < -0.39 is 0 Å². The summed E-state index contributed by atoms with van der Waals surface area (Å²) < 4.78 is 4.80. The summed E-state index contributed by atoms with van der Waals surface area (Å²) in [5.41, 5.74) is 7.81. The van der Waals surface area contributed by atoms with Crippen molar-refractivity contribution >= 4 is 59.9 Å². The van der Waals surface area contributed by atoms with Crippen LogP contribution in [0.4, 0.5) is 0 Å². The van der Waals surface area contributed by atoms with E-state index in [4.69, 9.17) is 4.98 Å². The van der Waals surface area contributed by atoms with E-state index in [9.17, 15) is 0 Å². The predicted molar refractivity (Wildman–Crippen MR) is 165 cm³/mol. The third-order valence-corrected chi connectivity index (χ3v) is 8.16. The Labute approximate surface area is 229 Å². The minimum absolute atomic E-state index is 0.887. The summed E-state index contributed by atoms with van der Waals surface area (Å²) in [6, 6.07) is 43.3. The smallest absolute Gasteiger partial charge is 0.138 e. The van der Waals surface area contributed by atoms with Crippen LogP contribution in [0.5, 0.6) is 0 Å². The highest BCUT2D eigenvalue weighted by Crippen LogP contribution is 2.41. The summed E-state index contributed by atoms with van der Waals surface area (Å²) in [5, 5.41) is 7.39. The zero-order valence-corrected chi connectivity index (χ0v) is 21.5. The Balaban J connectivity index is 1.54. The fraction of sp³-hybridized carbons (Fsp3) is 0. The topological polar surface area (TPSA) is 35.1 Å². The molecule has 40 heavy (non-hydrogen) atoms. The summed E-state index contributed by atoms with van der Waals surface area (Å²) in [6.07, 6.45) is 3.67. The maximum absolute atomic E-state index is 5.20. The van der Waals surface area contributed by atoms with E-state index in [1.54, 1.807) is 6.20 Å². The molecule has 0 amide bonds. The van der Waals surface area contributed by atoms with Gasteiger partial charge in [-0.15, -0.1) is 0 Å². The molecule has 4 heteroatoms. The van der Waals surface area contributed by atoms with Crippen molar-refractivity contribution in [2.45, 2.75) is 0 Å². The Bertz CT molecular complexity index is 2430. The van der Waals surface area contributed by atoms with Crippen molar-refractivity contribution in [3.63, 3.8) is 0 Å². The molecule has 0 N–H and O–H groups in total. The lowest BCUT2D eigenvalue weighted by molar-refractivity contribution is 1.08. The molecule has 186 valence electrons. The minimum Gasteiger partial charge on any atom is -0.307 e. The average molecular weight is 511 g/mol. The van der Waals surface area contributed by atoms with Gasteiger partial charge in [0, 0.05) is 44.9 Å². The zero-order valence-electron chi connectivity index (χ0n) is 21.5. The van der Waals surface area contributed by atoms with Crippen LogP contribution in [-0.4, -0.2) is 18.9 Å². The van der Waals surface area contributed by atoms with Crippen LogP contribution >= 0.6 is 0 Å². The highest BCUT2D eigenvalue weighted by Gasteiger charge is 2.20. The predicted octanol–water partition coefficient (Wildman–Crippen LogP) is 8.95. The molecule has 9 rings (SSSR count). The van der Waals surface area contributed by atoms with Crippen molar-refractivity contribution < 1.29 is 0 Å². The molecule has 0 aliphatic heterocycles. The molecule has 0 aliphatic rings. The minimum atomic E-state index is 0.887. The molecule has 0 spiro atoms. The number of para-hydroxylation sites is 2. The van der Waals surface area contributed by atoms with Gasteiger partial charge in [-0.1, -0.05) is 78.9 Å². The summed E-state index contributed by atoms with van der Waals surface area (Å²) in [6.45, 7) is 0. The molecule has 9 aromatic rings. The number of hydrogen-bond acceptors (Lipinski definition) is 2. The van der Waals surface area contributed by atoms with Crippen LogP contribution < -0.4 is 0 Å². The SMILES string of the molecule is c1cncc(-c2cccc(-n3c4ccccc4c4ccc5c6ccccc6c6cc7ccccc7n6c5c43)n2)c1. The lowest BCUT2D eigenvalue weighted by Gasteiger charge is -2.14. The summed E-state index contributed by atoms with van der Waals surface area (Å²) in [4.78, 5) is 9.53. The van der Waals surface area contributed by atoms with Gasteiger partial charge in [0.05, 0.1) is 33.3 Å². The van der Waals surface area contributed by atoms with E-state index in [1.807, 2.05) is 12.3 Å². The zero-order chi connectivity index (χ0) is 26.2. The van der Waals surface area contributed by atoms with Gasteiger partial charge in [0.25, 0.3) is 0 Å². The van der Waals surface area contributed by atoms with Crippen molar-refractivity contribution in [1.29, 1.82) is 0 Å². The lowest BCUT2D eigenvalue weighted by Crippen LogP contribution is -2.01. The van der Waals surface area contributed by atoms with E-state index in [-0.39, 0.29) is 0 Å². The van der Waals surface area contributed by atoms with Gasteiger partial charge in [0.1, 0.15) is 5.82 Å². The second-order valence-corrected chi connectivity index (χ2v) is 10.3. The van der Waals surface area contributed by atoms with Gasteiger partial charge < -0.3 is 4.40 Å². The Morgan fingerprint density at radius 2 is 1.23 bits per heavy atom. The van der Waals surface area contributed by atoms with Gasteiger partial charge in [0.2, 0.25) is 0 Å². The molecule has 4 nitrogen and oxygen atoms in total. The summed E-state index contributed by atoms with van der Waals surface area (Å²) in [7, 11) is 0. The van der Waals surface area contributed by atoms with Crippen molar-refractivity contribution in [3.8, 4) is 17.1 Å². The molecule has 0 bridgehead atoms. The van der Waals surface area contributed by atoms with Crippen LogP contribution in [0.1, 0.15) is 0 Å². The number of benzene rings is 4. The van der Waals surface area contributed by atoms with Crippen molar-refractivity contribution in [2.75, 3.05) is 0 Å². The molecule has 0 unspecified atom stereocenters. The lowest BCUT2D eigenvalue weighted by atomic mass is 10.0. The van der Waals surface area contributed by atoms with Crippen molar-refractivity contribution in [1.82, 2.24) is 18.9 Å². The number of rotatable bonds is 2. The molecule has 0 fully saturated rings. The normalized spacial score (nSPS) is 12.0. The molecule has 5 aromatic heterocycles. The first kappa shape index (κ1) is 21.5. The van der Waals surface area contributed by atoms with Crippen LogP contribution in [0, 0.1) is 0 Å². The maximum atomic E-state index is 5.20. The van der Waals surface area contributed by atoms with Crippen LogP contribution in [0.25, 0.3) is 77.0 Å². The van der Waals surface area contributed by atoms with Gasteiger partial charge in [-0.2, -0.15) is 0 Å². The fourth-order valence-electron chi connectivity index (χ4n) is 6.48. The number of hydrogen-bond donors (Lipinski definition) is 0. The largest absolute Gasteiger partial charge is 0.307 e. The second-order valence-electron chi connectivity index (χ2n) is 10.3. The van der Waals surface area contributed by atoms with Gasteiger partial charge in [-0.3, -0.25) is 9.55 Å². The quantitative estimate of drug-likeness (QED) is 0.218. The van der Waals surface area contributed by atoms with E-state index in [0.29, 0.717) is 0 Å². The molecular weight excluding hydrogens is 488 g/mol. The highest BCUT2D eigenvalue weighted by atomic mass is 15.1. The first-order valence-corrected chi connectivity index (χ1v) is 13.5. The standard InChI is InChI=1S/C36H22N4/c1-5-15-31-23(9-1)21-33-26-12-3-2-11-25(26)28-18-19-29-27-13-4-6-16-32(27)40(36(29)35(28)39(31)33)34-17-7-14-30(38-34)24-10-8-20-37-22-24/h1-22H. The first-order chi connectivity index (χ1) is 19.9. The van der Waals surface area contributed by atoms with Crippen LogP contribution in [-0.2, 0) is 0 Å². The summed E-state index contributed by atoms with van der Waals surface area (Å²) >= 11 is 0. The molecule has 0 saturated heterocycles. The van der Waals surface area contributed by atoms with Crippen LogP contribution in [0.2, 0.25) is 0 Å². The van der Waals surface area contributed by atoms with E-state index in [2.05, 4.69) is 129 Å². The monoisotopic (exact) mass is 510 g/mol. The highest BCUT2D eigenvalue weighted by molar-refractivity contribution is 6.25. The van der Waals surface area contributed by atoms with Gasteiger partial charge in [-0.05, 0) is 47.9 Å². The number of pyridine rings is 3. The molecule has 0 saturated carbocycles. The molecule has 0 atom stereocenters. The number of aromatic nitrogens is 4. The van der Waals surface area contributed by atoms with E-state index >= 15 is 0 Å². The van der Waals surface area contributed by atoms with Crippen molar-refractivity contribution in [2.24, 2.45) is 0 Å². The van der Waals surface area contributed by atoms with Gasteiger partial charge in [-0.25, -0.2) is 4.98 Å². The first-order valence-electron chi connectivity index (χ1n) is 13.5. The van der Waals surface area contributed by atoms with Crippen LogP contribution in [0.15, 0.2) is 134 Å². The van der Waals surface area contributed by atoms with Gasteiger partial charge in [0.15, 0.2) is 0 Å². The Hall–Kier alpha value is -5.48. The third kappa shape index (κ3) is 2.85. The average Bonchev–Trinajstić information content (AvgIpc) is 3.58. The molecule has 0 aliphatic carbocycles. The molecular formula is C36H22N4. The van der Waals surface area contributed by atoms with Crippen molar-refractivity contribution in [3.05, 3.63) is 134 Å². The third-order valence-electron chi connectivity index (χ3n) is 8.16. The molecule has 4 aromatic carbocycles. The van der Waals surface area contributed by atoms with Crippen LogP contribution in [0.3, 0.4) is 0 Å². The maximum Gasteiger partial charge on any atom is 0.138 e. The Morgan fingerprint density at radius 1 is 0.500 bits per heavy atom.